The average Bonchev–Trinajstić information content (AvgIpc) is 2.77. The van der Waals surface area contributed by atoms with Crippen LogP contribution in [0, 0.1) is 17.0 Å². The third kappa shape index (κ3) is 2.42. The maximum Gasteiger partial charge on any atom is 0.270 e. The molecule has 88 valence electrons. The smallest absolute Gasteiger partial charge is 0.258 e. The zero-order valence-electron chi connectivity index (χ0n) is 8.88. The zero-order valence-corrected chi connectivity index (χ0v) is 10.5. The lowest BCUT2D eigenvalue weighted by atomic mass is 10.1. The molecule has 0 aliphatic heterocycles. The van der Waals surface area contributed by atoms with Crippen LogP contribution in [0.2, 0.25) is 0 Å². The molecule has 0 amide bonds. The van der Waals surface area contributed by atoms with Crippen molar-refractivity contribution in [1.82, 2.24) is 10.2 Å². The van der Waals surface area contributed by atoms with Gasteiger partial charge in [0.05, 0.1) is 10.8 Å². The fourth-order valence-corrected chi connectivity index (χ4v) is 2.36. The molecule has 2 rings (SSSR count). The second-order valence-electron chi connectivity index (χ2n) is 3.39. The van der Waals surface area contributed by atoms with Crippen LogP contribution in [0.1, 0.15) is 10.6 Å². The lowest BCUT2D eigenvalue weighted by molar-refractivity contribution is -0.384. The van der Waals surface area contributed by atoms with Crippen LogP contribution in [0.3, 0.4) is 0 Å². The molecule has 0 fully saturated rings. The van der Waals surface area contributed by atoms with Gasteiger partial charge in [-0.05, 0) is 12.5 Å². The van der Waals surface area contributed by atoms with Crippen LogP contribution in [0.25, 0.3) is 10.6 Å². The van der Waals surface area contributed by atoms with E-state index in [0.29, 0.717) is 15.9 Å². The van der Waals surface area contributed by atoms with E-state index in [1.54, 1.807) is 6.07 Å². The molecule has 2 aromatic rings. The van der Waals surface area contributed by atoms with Gasteiger partial charge in [-0.2, -0.15) is 0 Å². The molecule has 0 aliphatic rings. The van der Waals surface area contributed by atoms with E-state index in [4.69, 9.17) is 11.6 Å². The minimum atomic E-state index is -0.424. The molecule has 0 bridgehead atoms. The van der Waals surface area contributed by atoms with Gasteiger partial charge in [-0.15, -0.1) is 21.8 Å². The van der Waals surface area contributed by atoms with Crippen LogP contribution in [-0.2, 0) is 5.88 Å². The SMILES string of the molecule is Cc1ccc([N+](=O)[O-])cc1-c1nnc(CCl)s1. The molecule has 0 spiro atoms. The van der Waals surface area contributed by atoms with Crippen LogP contribution in [0.5, 0.6) is 0 Å². The minimum Gasteiger partial charge on any atom is -0.258 e. The molecule has 0 radical (unpaired) electrons. The Morgan fingerprint density at radius 1 is 1.47 bits per heavy atom. The van der Waals surface area contributed by atoms with E-state index in [9.17, 15) is 10.1 Å². The van der Waals surface area contributed by atoms with Crippen LogP contribution < -0.4 is 0 Å². The summed E-state index contributed by atoms with van der Waals surface area (Å²) in [7, 11) is 0. The molecule has 0 saturated carbocycles. The molecule has 5 nitrogen and oxygen atoms in total. The molecule has 0 saturated heterocycles. The van der Waals surface area contributed by atoms with Crippen molar-refractivity contribution in [3.8, 4) is 10.6 Å². The van der Waals surface area contributed by atoms with Crippen molar-refractivity contribution < 1.29 is 4.92 Å². The predicted octanol–water partition coefficient (Wildman–Crippen LogP) is 3.16. The Morgan fingerprint density at radius 2 is 2.24 bits per heavy atom. The van der Waals surface area contributed by atoms with Crippen molar-refractivity contribution in [2.45, 2.75) is 12.8 Å². The lowest BCUT2D eigenvalue weighted by Crippen LogP contribution is -1.90. The van der Waals surface area contributed by atoms with E-state index < -0.39 is 4.92 Å². The van der Waals surface area contributed by atoms with Gasteiger partial charge < -0.3 is 0 Å². The van der Waals surface area contributed by atoms with Crippen molar-refractivity contribution in [3.63, 3.8) is 0 Å². The molecule has 17 heavy (non-hydrogen) atoms. The number of hydrogen-bond donors (Lipinski definition) is 0. The van der Waals surface area contributed by atoms with E-state index in [1.807, 2.05) is 6.92 Å². The van der Waals surface area contributed by atoms with Gasteiger partial charge in [-0.1, -0.05) is 17.4 Å². The maximum atomic E-state index is 10.7. The Balaban J connectivity index is 2.49. The Kier molecular flexibility index (Phi) is 3.35. The number of aromatic nitrogens is 2. The third-order valence-corrected chi connectivity index (χ3v) is 3.61. The summed E-state index contributed by atoms with van der Waals surface area (Å²) in [5.41, 5.74) is 1.70. The topological polar surface area (TPSA) is 68.9 Å². The molecule has 7 heteroatoms. The van der Waals surface area contributed by atoms with Gasteiger partial charge in [0.25, 0.3) is 5.69 Å². The minimum absolute atomic E-state index is 0.0493. The fourth-order valence-electron chi connectivity index (χ4n) is 1.37. The summed E-state index contributed by atoms with van der Waals surface area (Å²) < 4.78 is 0. The molecular formula is C10H8ClN3O2S. The number of nitro groups is 1. The highest BCUT2D eigenvalue weighted by molar-refractivity contribution is 7.14. The Bertz CT molecular complexity index is 570. The van der Waals surface area contributed by atoms with Gasteiger partial charge in [0.15, 0.2) is 0 Å². The maximum absolute atomic E-state index is 10.7. The summed E-state index contributed by atoms with van der Waals surface area (Å²) in [5, 5.41) is 19.9. The molecule has 0 atom stereocenters. The number of nitro benzene ring substituents is 1. The first kappa shape index (κ1) is 11.9. The first-order chi connectivity index (χ1) is 8.11. The van der Waals surface area contributed by atoms with E-state index >= 15 is 0 Å². The number of hydrogen-bond acceptors (Lipinski definition) is 5. The fraction of sp³-hybridized carbons (Fsp3) is 0.200. The van der Waals surface area contributed by atoms with Crippen LogP contribution >= 0.6 is 22.9 Å². The van der Waals surface area contributed by atoms with E-state index in [0.717, 1.165) is 11.1 Å². The number of halogens is 1. The summed E-state index contributed by atoms with van der Waals surface area (Å²) in [6.07, 6.45) is 0. The molecule has 0 aliphatic carbocycles. The first-order valence-corrected chi connectivity index (χ1v) is 6.10. The molecule has 0 unspecified atom stereocenters. The van der Waals surface area contributed by atoms with Gasteiger partial charge in [0, 0.05) is 17.7 Å². The molecule has 1 heterocycles. The highest BCUT2D eigenvalue weighted by atomic mass is 35.5. The van der Waals surface area contributed by atoms with Crippen LogP contribution in [0.15, 0.2) is 18.2 Å². The number of alkyl halides is 1. The highest BCUT2D eigenvalue weighted by Gasteiger charge is 2.13. The number of rotatable bonds is 3. The van der Waals surface area contributed by atoms with E-state index in [1.165, 1.54) is 23.5 Å². The van der Waals surface area contributed by atoms with Gasteiger partial charge >= 0.3 is 0 Å². The molecule has 1 aromatic heterocycles. The molecule has 1 aromatic carbocycles. The van der Waals surface area contributed by atoms with Gasteiger partial charge in [0.2, 0.25) is 0 Å². The van der Waals surface area contributed by atoms with E-state index in [2.05, 4.69) is 10.2 Å². The average molecular weight is 270 g/mol. The highest BCUT2D eigenvalue weighted by Crippen LogP contribution is 2.30. The third-order valence-electron chi connectivity index (χ3n) is 2.24. The summed E-state index contributed by atoms with van der Waals surface area (Å²) in [6, 6.07) is 4.69. The lowest BCUT2D eigenvalue weighted by Gasteiger charge is -2.00. The Labute approximate surface area is 106 Å². The second kappa shape index (κ2) is 4.77. The zero-order chi connectivity index (χ0) is 12.4. The van der Waals surface area contributed by atoms with Crippen molar-refractivity contribution in [2.75, 3.05) is 0 Å². The van der Waals surface area contributed by atoms with Gasteiger partial charge in [0.1, 0.15) is 10.0 Å². The largest absolute Gasteiger partial charge is 0.270 e. The molecular weight excluding hydrogens is 262 g/mol. The number of aryl methyl sites for hydroxylation is 1. The second-order valence-corrected chi connectivity index (χ2v) is 4.72. The van der Waals surface area contributed by atoms with Crippen molar-refractivity contribution in [2.24, 2.45) is 0 Å². The number of non-ortho nitro benzene ring substituents is 1. The van der Waals surface area contributed by atoms with Crippen molar-refractivity contribution >= 4 is 28.6 Å². The summed E-state index contributed by atoms with van der Waals surface area (Å²) >= 11 is 6.99. The molecule has 0 N–H and O–H groups in total. The van der Waals surface area contributed by atoms with Gasteiger partial charge in [-0.3, -0.25) is 10.1 Å². The van der Waals surface area contributed by atoms with Crippen molar-refractivity contribution in [1.29, 1.82) is 0 Å². The van der Waals surface area contributed by atoms with Crippen molar-refractivity contribution in [3.05, 3.63) is 38.9 Å². The quantitative estimate of drug-likeness (QED) is 0.487. The van der Waals surface area contributed by atoms with Crippen LogP contribution in [-0.4, -0.2) is 15.1 Å². The number of nitrogens with zero attached hydrogens (tertiary/aromatic N) is 3. The summed E-state index contributed by atoms with van der Waals surface area (Å²) in [5.74, 6) is 0.297. The van der Waals surface area contributed by atoms with Crippen LogP contribution in [0.4, 0.5) is 5.69 Å². The monoisotopic (exact) mass is 269 g/mol. The standard InChI is InChI=1S/C10H8ClN3O2S/c1-6-2-3-7(14(15)16)4-8(6)10-13-12-9(5-11)17-10/h2-4H,5H2,1H3. The first-order valence-electron chi connectivity index (χ1n) is 4.75. The number of benzene rings is 1. The van der Waals surface area contributed by atoms with Gasteiger partial charge in [-0.25, -0.2) is 0 Å². The summed E-state index contributed by atoms with van der Waals surface area (Å²) in [4.78, 5) is 10.3. The Morgan fingerprint density at radius 3 is 2.82 bits per heavy atom. The summed E-state index contributed by atoms with van der Waals surface area (Å²) in [6.45, 7) is 1.88. The Hall–Kier alpha value is -1.53. The predicted molar refractivity (Wildman–Crippen MR) is 66.3 cm³/mol. The normalized spacial score (nSPS) is 10.5. The van der Waals surface area contributed by atoms with E-state index in [-0.39, 0.29) is 5.69 Å².